The summed E-state index contributed by atoms with van der Waals surface area (Å²) in [5, 5.41) is 4.31. The summed E-state index contributed by atoms with van der Waals surface area (Å²) >= 11 is 6.83. The van der Waals surface area contributed by atoms with Crippen molar-refractivity contribution in [2.24, 2.45) is 12.8 Å². The fourth-order valence-electron chi connectivity index (χ4n) is 1.59. The second-order valence-electron chi connectivity index (χ2n) is 3.81. The zero-order valence-electron chi connectivity index (χ0n) is 9.27. The van der Waals surface area contributed by atoms with Crippen LogP contribution in [0.3, 0.4) is 0 Å². The largest absolute Gasteiger partial charge is 0.322 e. The molecule has 2 aromatic rings. The molecular weight excluding hydrogens is 348 g/mol. The van der Waals surface area contributed by atoms with E-state index in [-0.39, 0.29) is 6.04 Å². The molecule has 4 nitrogen and oxygen atoms in total. The number of aromatic nitrogens is 3. The monoisotopic (exact) mass is 358 g/mol. The number of hydrogen-bond acceptors (Lipinski definition) is 3. The van der Waals surface area contributed by atoms with Crippen LogP contribution in [0.4, 0.5) is 0 Å². The molecule has 1 atom stereocenters. The maximum absolute atomic E-state index is 6.13. The van der Waals surface area contributed by atoms with Gasteiger partial charge >= 0.3 is 0 Å². The SMILES string of the molecule is Cn1ccc(CC(N)c2ncc(Br)cc2Br)n1. The minimum atomic E-state index is -0.160. The average Bonchev–Trinajstić information content (AvgIpc) is 2.63. The molecule has 90 valence electrons. The Morgan fingerprint density at radius 3 is 2.82 bits per heavy atom. The Labute approximate surface area is 116 Å². The van der Waals surface area contributed by atoms with Gasteiger partial charge in [-0.3, -0.25) is 9.67 Å². The van der Waals surface area contributed by atoms with Crippen molar-refractivity contribution in [2.75, 3.05) is 0 Å². The zero-order chi connectivity index (χ0) is 12.4. The van der Waals surface area contributed by atoms with Gasteiger partial charge in [-0.2, -0.15) is 5.10 Å². The lowest BCUT2D eigenvalue weighted by molar-refractivity contribution is 0.657. The molecule has 0 spiro atoms. The Morgan fingerprint density at radius 2 is 2.24 bits per heavy atom. The van der Waals surface area contributed by atoms with Crippen LogP contribution >= 0.6 is 31.9 Å². The van der Waals surface area contributed by atoms with Gasteiger partial charge in [-0.05, 0) is 44.0 Å². The summed E-state index contributed by atoms with van der Waals surface area (Å²) in [4.78, 5) is 4.33. The predicted molar refractivity (Wildman–Crippen MR) is 73.5 cm³/mol. The summed E-state index contributed by atoms with van der Waals surface area (Å²) in [5.74, 6) is 0. The lowest BCUT2D eigenvalue weighted by Gasteiger charge is -2.11. The van der Waals surface area contributed by atoms with E-state index in [1.165, 1.54) is 0 Å². The fourth-order valence-corrected chi connectivity index (χ4v) is 2.87. The van der Waals surface area contributed by atoms with Crippen molar-refractivity contribution in [1.29, 1.82) is 0 Å². The number of nitrogens with two attached hydrogens (primary N) is 1. The Hall–Kier alpha value is -0.720. The normalized spacial score (nSPS) is 12.7. The molecule has 0 amide bonds. The molecule has 0 aliphatic heterocycles. The van der Waals surface area contributed by atoms with Gasteiger partial charge < -0.3 is 5.73 Å². The summed E-state index contributed by atoms with van der Waals surface area (Å²) in [6.45, 7) is 0. The third-order valence-corrected chi connectivity index (χ3v) is 3.45. The third-order valence-electron chi connectivity index (χ3n) is 2.39. The molecule has 2 rings (SSSR count). The first-order chi connectivity index (χ1) is 8.06. The van der Waals surface area contributed by atoms with Crippen molar-refractivity contribution in [3.63, 3.8) is 0 Å². The van der Waals surface area contributed by atoms with Gasteiger partial charge in [-0.15, -0.1) is 0 Å². The summed E-state index contributed by atoms with van der Waals surface area (Å²) in [5.41, 5.74) is 7.95. The second-order valence-corrected chi connectivity index (χ2v) is 5.58. The van der Waals surface area contributed by atoms with Gasteiger partial charge in [0, 0.05) is 34.8 Å². The topological polar surface area (TPSA) is 56.7 Å². The molecule has 17 heavy (non-hydrogen) atoms. The Morgan fingerprint density at radius 1 is 1.47 bits per heavy atom. The van der Waals surface area contributed by atoms with Crippen molar-refractivity contribution < 1.29 is 0 Å². The van der Waals surface area contributed by atoms with Crippen LogP contribution < -0.4 is 5.73 Å². The number of halogens is 2. The first kappa shape index (κ1) is 12.7. The Balaban J connectivity index is 2.17. The molecule has 0 aliphatic rings. The Bertz CT molecular complexity index is 524. The van der Waals surface area contributed by atoms with E-state index >= 15 is 0 Å². The highest BCUT2D eigenvalue weighted by Gasteiger charge is 2.13. The summed E-state index contributed by atoms with van der Waals surface area (Å²) < 4.78 is 3.61. The maximum Gasteiger partial charge on any atom is 0.0717 e. The number of nitrogens with zero attached hydrogens (tertiary/aromatic N) is 3. The zero-order valence-corrected chi connectivity index (χ0v) is 12.4. The van der Waals surface area contributed by atoms with Gasteiger partial charge in [0.05, 0.1) is 17.4 Å². The quantitative estimate of drug-likeness (QED) is 0.916. The van der Waals surface area contributed by atoms with Crippen LogP contribution in [0.1, 0.15) is 17.4 Å². The number of aryl methyl sites for hydroxylation is 1. The van der Waals surface area contributed by atoms with E-state index in [0.717, 1.165) is 20.3 Å². The molecule has 2 heterocycles. The van der Waals surface area contributed by atoms with Crippen LogP contribution in [0.15, 0.2) is 33.5 Å². The van der Waals surface area contributed by atoms with Crippen LogP contribution in [0.5, 0.6) is 0 Å². The highest BCUT2D eigenvalue weighted by molar-refractivity contribution is 9.11. The van der Waals surface area contributed by atoms with E-state index in [1.54, 1.807) is 10.9 Å². The van der Waals surface area contributed by atoms with E-state index in [4.69, 9.17) is 5.73 Å². The third kappa shape index (κ3) is 3.14. The lowest BCUT2D eigenvalue weighted by atomic mass is 10.1. The molecule has 0 bridgehead atoms. The second kappa shape index (κ2) is 5.29. The molecule has 0 aromatic carbocycles. The average molecular weight is 360 g/mol. The van der Waals surface area contributed by atoms with Crippen molar-refractivity contribution in [3.8, 4) is 0 Å². The number of rotatable bonds is 3. The minimum Gasteiger partial charge on any atom is -0.322 e. The van der Waals surface area contributed by atoms with Crippen molar-refractivity contribution >= 4 is 31.9 Å². The van der Waals surface area contributed by atoms with E-state index in [9.17, 15) is 0 Å². The molecule has 0 radical (unpaired) electrons. The predicted octanol–water partition coefficient (Wildman–Crippen LogP) is 2.58. The van der Waals surface area contributed by atoms with E-state index in [2.05, 4.69) is 41.9 Å². The molecule has 0 aliphatic carbocycles. The van der Waals surface area contributed by atoms with Gasteiger partial charge in [0.1, 0.15) is 0 Å². The maximum atomic E-state index is 6.13. The first-order valence-electron chi connectivity index (χ1n) is 5.11. The standard InChI is InChI=1S/C11H12Br2N4/c1-17-3-2-8(16-17)5-10(14)11-9(13)4-7(12)6-15-11/h2-4,6,10H,5,14H2,1H3. The smallest absolute Gasteiger partial charge is 0.0717 e. The van der Waals surface area contributed by atoms with Crippen LogP contribution in [0.2, 0.25) is 0 Å². The van der Waals surface area contributed by atoms with E-state index < -0.39 is 0 Å². The van der Waals surface area contributed by atoms with Crippen LogP contribution in [-0.4, -0.2) is 14.8 Å². The van der Waals surface area contributed by atoms with Crippen molar-refractivity contribution in [1.82, 2.24) is 14.8 Å². The van der Waals surface area contributed by atoms with Gasteiger partial charge in [0.25, 0.3) is 0 Å². The molecule has 2 N–H and O–H groups in total. The summed E-state index contributed by atoms with van der Waals surface area (Å²) in [6.07, 6.45) is 4.33. The Kier molecular flexibility index (Phi) is 3.96. The van der Waals surface area contributed by atoms with E-state index in [0.29, 0.717) is 6.42 Å². The summed E-state index contributed by atoms with van der Waals surface area (Å²) in [7, 11) is 1.89. The van der Waals surface area contributed by atoms with Crippen LogP contribution in [0, 0.1) is 0 Å². The number of hydrogen-bond donors (Lipinski definition) is 1. The molecule has 0 saturated carbocycles. The van der Waals surface area contributed by atoms with Crippen LogP contribution in [-0.2, 0) is 13.5 Å². The molecule has 0 saturated heterocycles. The van der Waals surface area contributed by atoms with Gasteiger partial charge in [0.2, 0.25) is 0 Å². The van der Waals surface area contributed by atoms with Crippen LogP contribution in [0.25, 0.3) is 0 Å². The molecule has 2 aromatic heterocycles. The number of pyridine rings is 1. The molecule has 0 fully saturated rings. The van der Waals surface area contributed by atoms with Crippen molar-refractivity contribution in [3.05, 3.63) is 44.9 Å². The first-order valence-corrected chi connectivity index (χ1v) is 6.70. The molecule has 6 heteroatoms. The fraction of sp³-hybridized carbons (Fsp3) is 0.273. The summed E-state index contributed by atoms with van der Waals surface area (Å²) in [6, 6.07) is 3.75. The lowest BCUT2D eigenvalue weighted by Crippen LogP contribution is -2.16. The molecular formula is C11H12Br2N4. The highest BCUT2D eigenvalue weighted by Crippen LogP contribution is 2.24. The van der Waals surface area contributed by atoms with Gasteiger partial charge in [-0.25, -0.2) is 0 Å². The minimum absolute atomic E-state index is 0.160. The van der Waals surface area contributed by atoms with E-state index in [1.807, 2.05) is 25.4 Å². The molecule has 1 unspecified atom stereocenters. The van der Waals surface area contributed by atoms with Crippen molar-refractivity contribution in [2.45, 2.75) is 12.5 Å². The highest BCUT2D eigenvalue weighted by atomic mass is 79.9. The van der Waals surface area contributed by atoms with Gasteiger partial charge in [-0.1, -0.05) is 0 Å². The van der Waals surface area contributed by atoms with Gasteiger partial charge in [0.15, 0.2) is 0 Å².